The molecule has 0 spiro atoms. The standard InChI is InChI=1S/C29H29Cl3N2O6/c1-29(2,3)40-28(38)33-16-18-5-4-6-21(13-18)39-25-15-20(30)8-10-24(25)34(26(35)11-12-27(36)37)17-19-7-9-22(31)23(32)14-19/h4-10,13-15H,11-12,16-17H2,1-3H3,(H,33,38)(H,36,37). The van der Waals surface area contributed by atoms with E-state index >= 15 is 0 Å². The maximum absolute atomic E-state index is 13.3. The lowest BCUT2D eigenvalue weighted by Gasteiger charge is -2.25. The first-order valence-corrected chi connectivity index (χ1v) is 13.4. The number of alkyl carbamates (subject to hydrolysis) is 1. The van der Waals surface area contributed by atoms with Crippen molar-refractivity contribution in [2.75, 3.05) is 4.90 Å². The van der Waals surface area contributed by atoms with E-state index in [-0.39, 0.29) is 31.7 Å². The van der Waals surface area contributed by atoms with Crippen molar-refractivity contribution in [2.24, 2.45) is 0 Å². The Kier molecular flexibility index (Phi) is 10.7. The van der Waals surface area contributed by atoms with Crippen LogP contribution in [0.1, 0.15) is 44.7 Å². The highest BCUT2D eigenvalue weighted by molar-refractivity contribution is 6.42. The van der Waals surface area contributed by atoms with Crippen LogP contribution in [0.5, 0.6) is 11.5 Å². The van der Waals surface area contributed by atoms with E-state index in [1.807, 2.05) is 6.07 Å². The van der Waals surface area contributed by atoms with E-state index in [1.54, 1.807) is 75.4 Å². The summed E-state index contributed by atoms with van der Waals surface area (Å²) in [6.07, 6.45) is -1.12. The van der Waals surface area contributed by atoms with Gasteiger partial charge in [-0.05, 0) is 68.3 Å². The third-order valence-electron chi connectivity index (χ3n) is 5.35. The molecule has 0 heterocycles. The maximum atomic E-state index is 13.3. The zero-order chi connectivity index (χ0) is 29.4. The number of amides is 2. The number of carbonyl (C=O) groups excluding carboxylic acids is 2. The fraction of sp³-hybridized carbons (Fsp3) is 0.276. The van der Waals surface area contributed by atoms with Crippen molar-refractivity contribution < 1.29 is 29.0 Å². The summed E-state index contributed by atoms with van der Waals surface area (Å²) >= 11 is 18.5. The smallest absolute Gasteiger partial charge is 0.407 e. The predicted octanol–water partition coefficient (Wildman–Crippen LogP) is 7.86. The van der Waals surface area contributed by atoms with Gasteiger partial charge in [-0.3, -0.25) is 9.59 Å². The second-order valence-corrected chi connectivity index (χ2v) is 11.1. The number of anilines is 1. The number of aliphatic carboxylic acids is 1. The molecule has 3 aromatic carbocycles. The van der Waals surface area contributed by atoms with Gasteiger partial charge in [-0.1, -0.05) is 53.0 Å². The molecule has 0 aromatic heterocycles. The molecule has 0 bridgehead atoms. The van der Waals surface area contributed by atoms with E-state index in [9.17, 15) is 14.4 Å². The SMILES string of the molecule is CC(C)(C)OC(=O)NCc1cccc(Oc2cc(Cl)ccc2N(Cc2ccc(Cl)c(Cl)c2)C(=O)CCC(=O)O)c1. The van der Waals surface area contributed by atoms with Gasteiger partial charge in [0.25, 0.3) is 0 Å². The number of carboxylic acid groups (broad SMARTS) is 1. The van der Waals surface area contributed by atoms with Gasteiger partial charge in [0.15, 0.2) is 5.75 Å². The Balaban J connectivity index is 1.90. The molecule has 212 valence electrons. The molecule has 11 heteroatoms. The van der Waals surface area contributed by atoms with E-state index in [0.29, 0.717) is 32.1 Å². The topological polar surface area (TPSA) is 105 Å². The van der Waals surface area contributed by atoms with Gasteiger partial charge in [-0.15, -0.1) is 0 Å². The highest BCUT2D eigenvalue weighted by atomic mass is 35.5. The Hall–Kier alpha value is -3.46. The summed E-state index contributed by atoms with van der Waals surface area (Å²) in [6, 6.07) is 16.8. The lowest BCUT2D eigenvalue weighted by atomic mass is 10.1. The van der Waals surface area contributed by atoms with E-state index in [4.69, 9.17) is 49.4 Å². The fourth-order valence-electron chi connectivity index (χ4n) is 3.60. The van der Waals surface area contributed by atoms with Crippen LogP contribution < -0.4 is 15.0 Å². The van der Waals surface area contributed by atoms with Crippen LogP contribution in [0.15, 0.2) is 60.7 Å². The average Bonchev–Trinajstić information content (AvgIpc) is 2.86. The number of nitrogens with zero attached hydrogens (tertiary/aromatic N) is 1. The molecule has 0 aliphatic carbocycles. The third-order valence-corrected chi connectivity index (χ3v) is 6.33. The van der Waals surface area contributed by atoms with Gasteiger partial charge < -0.3 is 24.8 Å². The molecule has 0 aliphatic heterocycles. The van der Waals surface area contributed by atoms with E-state index in [1.165, 1.54) is 4.90 Å². The van der Waals surface area contributed by atoms with Crippen LogP contribution in [-0.4, -0.2) is 28.7 Å². The highest BCUT2D eigenvalue weighted by Gasteiger charge is 2.22. The number of halogens is 3. The zero-order valence-corrected chi connectivity index (χ0v) is 24.4. The van der Waals surface area contributed by atoms with Crippen LogP contribution in [0.25, 0.3) is 0 Å². The molecule has 3 rings (SSSR count). The van der Waals surface area contributed by atoms with Gasteiger partial charge in [-0.2, -0.15) is 0 Å². The molecule has 0 radical (unpaired) electrons. The van der Waals surface area contributed by atoms with Crippen LogP contribution in [0.3, 0.4) is 0 Å². The van der Waals surface area contributed by atoms with Crippen LogP contribution >= 0.6 is 34.8 Å². The summed E-state index contributed by atoms with van der Waals surface area (Å²) < 4.78 is 11.4. The van der Waals surface area contributed by atoms with Crippen molar-refractivity contribution in [2.45, 2.75) is 52.3 Å². The second-order valence-electron chi connectivity index (χ2n) is 9.84. The largest absolute Gasteiger partial charge is 0.481 e. The number of carboxylic acids is 1. The number of benzene rings is 3. The molecular weight excluding hydrogens is 579 g/mol. The van der Waals surface area contributed by atoms with Gasteiger partial charge in [0.2, 0.25) is 5.91 Å². The fourth-order valence-corrected chi connectivity index (χ4v) is 4.09. The molecule has 40 heavy (non-hydrogen) atoms. The molecule has 0 atom stereocenters. The van der Waals surface area contributed by atoms with Gasteiger partial charge in [0, 0.05) is 24.1 Å². The summed E-state index contributed by atoms with van der Waals surface area (Å²) in [5.41, 5.74) is 1.18. The summed E-state index contributed by atoms with van der Waals surface area (Å²) in [5, 5.41) is 12.9. The molecular formula is C29H29Cl3N2O6. The number of rotatable bonds is 10. The Morgan fingerprint density at radius 1 is 0.900 bits per heavy atom. The van der Waals surface area contributed by atoms with Crippen molar-refractivity contribution >= 4 is 58.5 Å². The van der Waals surface area contributed by atoms with E-state index in [2.05, 4.69) is 5.32 Å². The van der Waals surface area contributed by atoms with Crippen LogP contribution in [-0.2, 0) is 27.4 Å². The van der Waals surface area contributed by atoms with Gasteiger partial charge in [-0.25, -0.2) is 4.79 Å². The first-order chi connectivity index (χ1) is 18.8. The zero-order valence-electron chi connectivity index (χ0n) is 22.2. The molecule has 0 unspecified atom stereocenters. The Morgan fingerprint density at radius 3 is 2.33 bits per heavy atom. The monoisotopic (exact) mass is 606 g/mol. The van der Waals surface area contributed by atoms with Gasteiger partial charge in [0.1, 0.15) is 11.4 Å². The molecule has 2 amide bonds. The lowest BCUT2D eigenvalue weighted by Crippen LogP contribution is -2.32. The lowest BCUT2D eigenvalue weighted by molar-refractivity contribution is -0.138. The first-order valence-electron chi connectivity index (χ1n) is 12.3. The molecule has 8 nitrogen and oxygen atoms in total. The second kappa shape index (κ2) is 13.7. The minimum Gasteiger partial charge on any atom is -0.481 e. The predicted molar refractivity (Wildman–Crippen MR) is 156 cm³/mol. The summed E-state index contributed by atoms with van der Waals surface area (Å²) in [7, 11) is 0. The van der Waals surface area contributed by atoms with Crippen LogP contribution in [0.4, 0.5) is 10.5 Å². The van der Waals surface area contributed by atoms with Crippen molar-refractivity contribution in [3.05, 3.63) is 86.9 Å². The first kappa shape index (κ1) is 31.1. The molecule has 2 N–H and O–H groups in total. The van der Waals surface area contributed by atoms with Crippen molar-refractivity contribution in [3.8, 4) is 11.5 Å². The molecule has 0 aliphatic rings. The van der Waals surface area contributed by atoms with Gasteiger partial charge in [0.05, 0.1) is 28.7 Å². The Labute approximate surface area is 247 Å². The summed E-state index contributed by atoms with van der Waals surface area (Å²) in [4.78, 5) is 37.9. The number of nitrogens with one attached hydrogen (secondary N) is 1. The van der Waals surface area contributed by atoms with Crippen molar-refractivity contribution in [1.82, 2.24) is 5.32 Å². The Morgan fingerprint density at radius 2 is 1.65 bits per heavy atom. The number of hydrogen-bond donors (Lipinski definition) is 2. The minimum atomic E-state index is -1.09. The van der Waals surface area contributed by atoms with Gasteiger partial charge >= 0.3 is 12.1 Å². The molecule has 0 fully saturated rings. The normalized spacial score (nSPS) is 11.1. The summed E-state index contributed by atoms with van der Waals surface area (Å²) in [5.74, 6) is -0.823. The molecule has 0 saturated carbocycles. The highest BCUT2D eigenvalue weighted by Crippen LogP contribution is 2.37. The van der Waals surface area contributed by atoms with Crippen molar-refractivity contribution in [3.63, 3.8) is 0 Å². The van der Waals surface area contributed by atoms with Crippen LogP contribution in [0, 0.1) is 0 Å². The minimum absolute atomic E-state index is 0.0766. The Bertz CT molecular complexity index is 1390. The molecule has 0 saturated heterocycles. The summed E-state index contributed by atoms with van der Waals surface area (Å²) in [6.45, 7) is 5.61. The van der Waals surface area contributed by atoms with Crippen LogP contribution in [0.2, 0.25) is 15.1 Å². The van der Waals surface area contributed by atoms with E-state index < -0.39 is 23.6 Å². The number of hydrogen-bond acceptors (Lipinski definition) is 5. The quantitative estimate of drug-likeness (QED) is 0.243. The average molecular weight is 608 g/mol. The number of carbonyl (C=O) groups is 3. The third kappa shape index (κ3) is 9.62. The van der Waals surface area contributed by atoms with Crippen molar-refractivity contribution in [1.29, 1.82) is 0 Å². The maximum Gasteiger partial charge on any atom is 0.407 e. The molecule has 3 aromatic rings. The number of ether oxygens (including phenoxy) is 2. The van der Waals surface area contributed by atoms with E-state index in [0.717, 1.165) is 5.56 Å².